The number of aromatic nitrogens is 3. The van der Waals surface area contributed by atoms with Gasteiger partial charge in [0.15, 0.2) is 0 Å². The second kappa shape index (κ2) is 7.86. The lowest BCUT2D eigenvalue weighted by atomic mass is 9.97. The lowest BCUT2D eigenvalue weighted by Crippen LogP contribution is -2.44. The van der Waals surface area contributed by atoms with Crippen LogP contribution in [0.1, 0.15) is 18.4 Å². The number of carbonyl (C=O) groups is 1. The molecule has 1 atom stereocenters. The molecule has 0 radical (unpaired) electrons. The molecule has 4 aromatic rings. The molecule has 1 amide bonds. The predicted octanol–water partition coefficient (Wildman–Crippen LogP) is 3.63. The highest BCUT2D eigenvalue weighted by molar-refractivity contribution is 5.83. The lowest BCUT2D eigenvalue weighted by molar-refractivity contribution is -0.125. The Balaban J connectivity index is 1.22. The number of hydrogen-bond acceptors (Lipinski definition) is 3. The van der Waals surface area contributed by atoms with Crippen molar-refractivity contribution in [2.24, 2.45) is 13.0 Å². The van der Waals surface area contributed by atoms with Gasteiger partial charge in [0.2, 0.25) is 11.9 Å². The van der Waals surface area contributed by atoms with Crippen molar-refractivity contribution in [3.63, 3.8) is 0 Å². The van der Waals surface area contributed by atoms with Crippen LogP contribution in [0.4, 0.5) is 5.95 Å². The molecule has 2 aromatic heterocycles. The second-order valence-electron chi connectivity index (χ2n) is 8.15. The Morgan fingerprint density at radius 2 is 2.03 bits per heavy atom. The SMILES string of the molecule is Cn1c(N2CCC[C@H](C(=O)NCCc3c[nH]c4ccccc34)C2)nc2ccccc21. The second-order valence-corrected chi connectivity index (χ2v) is 8.15. The average molecular weight is 402 g/mol. The fraction of sp³-hybridized carbons (Fsp3) is 0.333. The molecule has 5 rings (SSSR count). The number of fused-ring (bicyclic) bond motifs is 2. The van der Waals surface area contributed by atoms with Crippen molar-refractivity contribution in [1.29, 1.82) is 0 Å². The Morgan fingerprint density at radius 3 is 2.93 bits per heavy atom. The maximum Gasteiger partial charge on any atom is 0.224 e. The summed E-state index contributed by atoms with van der Waals surface area (Å²) >= 11 is 0. The van der Waals surface area contributed by atoms with Crippen LogP contribution in [0.3, 0.4) is 0 Å². The number of hydrogen-bond donors (Lipinski definition) is 2. The van der Waals surface area contributed by atoms with Gasteiger partial charge in [0.1, 0.15) is 0 Å². The fourth-order valence-electron chi connectivity index (χ4n) is 4.59. The quantitative estimate of drug-likeness (QED) is 0.537. The molecule has 0 spiro atoms. The molecule has 0 saturated carbocycles. The zero-order valence-electron chi connectivity index (χ0n) is 17.3. The van der Waals surface area contributed by atoms with E-state index in [4.69, 9.17) is 4.98 Å². The number of rotatable bonds is 5. The van der Waals surface area contributed by atoms with Gasteiger partial charge in [-0.1, -0.05) is 30.3 Å². The minimum absolute atomic E-state index is 0.00142. The Morgan fingerprint density at radius 1 is 1.20 bits per heavy atom. The molecule has 3 heterocycles. The number of imidazole rings is 1. The molecule has 6 nitrogen and oxygen atoms in total. The van der Waals surface area contributed by atoms with Crippen LogP contribution in [0, 0.1) is 5.92 Å². The van der Waals surface area contributed by atoms with Crippen molar-refractivity contribution < 1.29 is 4.79 Å². The van der Waals surface area contributed by atoms with Gasteiger partial charge in [-0.15, -0.1) is 0 Å². The number of nitrogens with zero attached hydrogens (tertiary/aromatic N) is 3. The van der Waals surface area contributed by atoms with E-state index < -0.39 is 0 Å². The Bertz CT molecular complexity index is 1190. The molecule has 154 valence electrons. The van der Waals surface area contributed by atoms with Crippen molar-refractivity contribution in [3.8, 4) is 0 Å². The van der Waals surface area contributed by atoms with Crippen LogP contribution in [-0.2, 0) is 18.3 Å². The first-order valence-electron chi connectivity index (χ1n) is 10.7. The topological polar surface area (TPSA) is 66.0 Å². The van der Waals surface area contributed by atoms with Gasteiger partial charge < -0.3 is 19.8 Å². The van der Waals surface area contributed by atoms with Crippen LogP contribution >= 0.6 is 0 Å². The summed E-state index contributed by atoms with van der Waals surface area (Å²) in [6.45, 7) is 2.32. The summed E-state index contributed by atoms with van der Waals surface area (Å²) < 4.78 is 2.13. The molecule has 1 aliphatic rings. The summed E-state index contributed by atoms with van der Waals surface area (Å²) in [6.07, 6.45) is 4.81. The number of anilines is 1. The predicted molar refractivity (Wildman–Crippen MR) is 121 cm³/mol. The van der Waals surface area contributed by atoms with Crippen LogP contribution in [0.25, 0.3) is 21.9 Å². The van der Waals surface area contributed by atoms with E-state index in [0.29, 0.717) is 6.54 Å². The monoisotopic (exact) mass is 401 g/mol. The van der Waals surface area contributed by atoms with Crippen molar-refractivity contribution in [2.75, 3.05) is 24.5 Å². The fourth-order valence-corrected chi connectivity index (χ4v) is 4.59. The maximum atomic E-state index is 12.9. The van der Waals surface area contributed by atoms with E-state index >= 15 is 0 Å². The maximum absolute atomic E-state index is 12.9. The third-order valence-corrected chi connectivity index (χ3v) is 6.21. The molecule has 6 heteroatoms. The average Bonchev–Trinajstić information content (AvgIpc) is 3.35. The molecule has 30 heavy (non-hydrogen) atoms. The minimum Gasteiger partial charge on any atom is -0.361 e. The van der Waals surface area contributed by atoms with Gasteiger partial charge in [-0.2, -0.15) is 0 Å². The third-order valence-electron chi connectivity index (χ3n) is 6.21. The van der Waals surface area contributed by atoms with Gasteiger partial charge in [0.25, 0.3) is 0 Å². The summed E-state index contributed by atoms with van der Waals surface area (Å²) in [7, 11) is 2.05. The van der Waals surface area contributed by atoms with Gasteiger partial charge in [-0.05, 0) is 43.0 Å². The lowest BCUT2D eigenvalue weighted by Gasteiger charge is -2.32. The number of piperidine rings is 1. The van der Waals surface area contributed by atoms with Gasteiger partial charge in [-0.3, -0.25) is 4.79 Å². The van der Waals surface area contributed by atoms with E-state index in [-0.39, 0.29) is 11.8 Å². The van der Waals surface area contributed by atoms with E-state index in [1.165, 1.54) is 10.9 Å². The molecular formula is C24H27N5O. The Hall–Kier alpha value is -3.28. The number of aryl methyl sites for hydroxylation is 1. The molecule has 2 N–H and O–H groups in total. The van der Waals surface area contributed by atoms with E-state index in [1.807, 2.05) is 30.5 Å². The standard InChI is InChI=1S/C24H27N5O/c1-28-22-11-5-4-10-21(22)27-24(28)29-14-6-7-18(16-29)23(30)25-13-12-17-15-26-20-9-3-2-8-19(17)20/h2-5,8-11,15,18,26H,6-7,12-14,16H2,1H3,(H,25,30)/t18-/m0/s1. The number of carbonyl (C=O) groups excluding carboxylic acids is 1. The van der Waals surface area contributed by atoms with Crippen molar-refractivity contribution >= 4 is 33.8 Å². The number of nitrogens with one attached hydrogen (secondary N) is 2. The first-order valence-corrected chi connectivity index (χ1v) is 10.7. The number of H-pyrrole nitrogens is 1. The molecule has 1 fully saturated rings. The summed E-state index contributed by atoms with van der Waals surface area (Å²) in [4.78, 5) is 23.2. The van der Waals surface area contributed by atoms with Crippen LogP contribution in [0.15, 0.2) is 54.7 Å². The van der Waals surface area contributed by atoms with Crippen LogP contribution in [0.5, 0.6) is 0 Å². The highest BCUT2D eigenvalue weighted by atomic mass is 16.1. The number of para-hydroxylation sites is 3. The van der Waals surface area contributed by atoms with E-state index in [0.717, 1.165) is 54.9 Å². The first kappa shape index (κ1) is 18.7. The smallest absolute Gasteiger partial charge is 0.224 e. The van der Waals surface area contributed by atoms with Gasteiger partial charge in [-0.25, -0.2) is 4.98 Å². The highest BCUT2D eigenvalue weighted by Crippen LogP contribution is 2.26. The largest absolute Gasteiger partial charge is 0.361 e. The van der Waals surface area contributed by atoms with Crippen molar-refractivity contribution in [3.05, 3.63) is 60.3 Å². The summed E-state index contributed by atoms with van der Waals surface area (Å²) in [5.41, 5.74) is 4.51. The van der Waals surface area contributed by atoms with Crippen LogP contribution in [0.2, 0.25) is 0 Å². The third kappa shape index (κ3) is 3.43. The van der Waals surface area contributed by atoms with Crippen molar-refractivity contribution in [1.82, 2.24) is 19.9 Å². The zero-order valence-corrected chi connectivity index (χ0v) is 17.3. The molecule has 0 aliphatic carbocycles. The summed E-state index contributed by atoms with van der Waals surface area (Å²) in [5, 5.41) is 4.40. The van der Waals surface area contributed by atoms with Crippen molar-refractivity contribution in [2.45, 2.75) is 19.3 Å². The molecule has 0 unspecified atom stereocenters. The number of benzene rings is 2. The van der Waals surface area contributed by atoms with E-state index in [1.54, 1.807) is 0 Å². The van der Waals surface area contributed by atoms with Crippen LogP contribution in [-0.4, -0.2) is 40.1 Å². The normalized spacial score (nSPS) is 17.0. The first-order chi connectivity index (χ1) is 14.7. The van der Waals surface area contributed by atoms with Crippen LogP contribution < -0.4 is 10.2 Å². The molecule has 1 aliphatic heterocycles. The number of amides is 1. The Kier molecular flexibility index (Phi) is 4.91. The van der Waals surface area contributed by atoms with E-state index in [9.17, 15) is 4.79 Å². The summed E-state index contributed by atoms with van der Waals surface area (Å²) in [6, 6.07) is 16.5. The Labute approximate surface area is 175 Å². The van der Waals surface area contributed by atoms with Gasteiger partial charge in [0.05, 0.1) is 17.0 Å². The van der Waals surface area contributed by atoms with Gasteiger partial charge >= 0.3 is 0 Å². The molecule has 1 saturated heterocycles. The molecule has 2 aromatic carbocycles. The van der Waals surface area contributed by atoms with Gasteiger partial charge in [0, 0.05) is 43.8 Å². The van der Waals surface area contributed by atoms with E-state index in [2.05, 4.69) is 51.1 Å². The minimum atomic E-state index is 0.00142. The zero-order chi connectivity index (χ0) is 20.5. The highest BCUT2D eigenvalue weighted by Gasteiger charge is 2.28. The molecule has 0 bridgehead atoms. The summed E-state index contributed by atoms with van der Waals surface area (Å²) in [5.74, 6) is 1.10. The number of aromatic amines is 1. The molecular weight excluding hydrogens is 374 g/mol.